The van der Waals surface area contributed by atoms with E-state index in [1.807, 2.05) is 84.9 Å². The summed E-state index contributed by atoms with van der Waals surface area (Å²) in [6.45, 7) is 0. The molecule has 0 N–H and O–H groups in total. The molecule has 0 saturated heterocycles. The first kappa shape index (κ1) is 28.8. The van der Waals surface area contributed by atoms with Crippen molar-refractivity contribution in [3.8, 4) is 0 Å². The van der Waals surface area contributed by atoms with Crippen molar-refractivity contribution < 1.29 is 0 Å². The molecule has 0 aromatic carbocycles. The molecule has 0 bridgehead atoms. The van der Waals surface area contributed by atoms with E-state index in [4.69, 9.17) is 0 Å². The molecule has 0 spiro atoms. The van der Waals surface area contributed by atoms with E-state index in [9.17, 15) is 0 Å². The summed E-state index contributed by atoms with van der Waals surface area (Å²) in [5, 5.41) is 7.07. The predicted octanol–water partition coefficient (Wildman–Crippen LogP) is 5.28. The van der Waals surface area contributed by atoms with Gasteiger partial charge in [-0.15, -0.1) is 0 Å². The zero-order valence-electron chi connectivity index (χ0n) is 19.7. The Bertz CT molecular complexity index is 704. The second-order valence-electron chi connectivity index (χ2n) is 5.91. The van der Waals surface area contributed by atoms with E-state index in [1.54, 1.807) is 86.8 Å². The Morgan fingerprint density at radius 2 is 0.361 bits per heavy atom. The van der Waals surface area contributed by atoms with Gasteiger partial charge in [0.25, 0.3) is 0 Å². The molecular formula is C28H28N8. The molecule has 36 heavy (non-hydrogen) atoms. The van der Waals surface area contributed by atoms with Crippen LogP contribution in [0.5, 0.6) is 0 Å². The molecule has 0 radical (unpaired) electrons. The van der Waals surface area contributed by atoms with Gasteiger partial charge in [0.1, 0.15) is 0 Å². The van der Waals surface area contributed by atoms with Gasteiger partial charge in [0.15, 0.2) is 0 Å². The maximum absolute atomic E-state index is 3.78. The Morgan fingerprint density at radius 1 is 0.167 bits per heavy atom. The summed E-state index contributed by atoms with van der Waals surface area (Å²) < 4.78 is 0. The van der Waals surface area contributed by atoms with Crippen molar-refractivity contribution in [1.29, 1.82) is 0 Å². The van der Waals surface area contributed by atoms with E-state index in [0.29, 0.717) is 0 Å². The molecule has 8 heteroatoms. The Labute approximate surface area is 211 Å². The van der Waals surface area contributed by atoms with Gasteiger partial charge < -0.3 is 0 Å². The lowest BCUT2D eigenvalue weighted by Gasteiger charge is -1.70. The first-order chi connectivity index (χ1) is 18.0. The zero-order valence-corrected chi connectivity index (χ0v) is 19.7. The van der Waals surface area contributed by atoms with Crippen LogP contribution in [0, 0.1) is 0 Å². The maximum Gasteiger partial charge on any atom is 0.0496 e. The summed E-state index contributed by atoms with van der Waals surface area (Å²) in [5.41, 5.74) is 0. The van der Waals surface area contributed by atoms with Gasteiger partial charge in [-0.25, -0.2) is 0 Å². The summed E-state index contributed by atoms with van der Waals surface area (Å²) in [6.07, 6.45) is 23.8. The number of hydrogen-bond acceptors (Lipinski definition) is 8. The molecule has 6 heterocycles. The largest absolute Gasteiger partial charge is 0.265 e. The lowest BCUT2D eigenvalue weighted by molar-refractivity contribution is 1.03. The minimum absolute atomic E-state index is 1.64. The van der Waals surface area contributed by atoms with Crippen molar-refractivity contribution in [2.24, 2.45) is 0 Å². The average molecular weight is 477 g/mol. The van der Waals surface area contributed by atoms with Gasteiger partial charge in [-0.2, -0.15) is 10.2 Å². The van der Waals surface area contributed by atoms with Gasteiger partial charge >= 0.3 is 0 Å². The van der Waals surface area contributed by atoms with E-state index in [0.717, 1.165) is 0 Å². The highest BCUT2D eigenvalue weighted by atomic mass is 15.1. The molecule has 0 unspecified atom stereocenters. The monoisotopic (exact) mass is 476 g/mol. The van der Waals surface area contributed by atoms with Crippen molar-refractivity contribution in [3.05, 3.63) is 172 Å². The van der Waals surface area contributed by atoms with E-state index in [-0.39, 0.29) is 0 Å². The number of aromatic nitrogens is 8. The SMILES string of the molecule is c1ccncc1.c1ccncc1.c1ccncc1.c1ccncc1.c1ccnnc1.c1cnccn1. The molecule has 0 amide bonds. The van der Waals surface area contributed by atoms with Crippen LogP contribution in [0.15, 0.2) is 172 Å². The smallest absolute Gasteiger partial charge is 0.0496 e. The zero-order chi connectivity index (χ0) is 25.5. The summed E-state index contributed by atoms with van der Waals surface area (Å²) in [5.74, 6) is 0. The molecular weight excluding hydrogens is 448 g/mol. The summed E-state index contributed by atoms with van der Waals surface area (Å²) >= 11 is 0. The van der Waals surface area contributed by atoms with Gasteiger partial charge in [-0.1, -0.05) is 24.3 Å². The molecule has 6 aromatic heterocycles. The van der Waals surface area contributed by atoms with Crippen LogP contribution in [0.3, 0.4) is 0 Å². The van der Waals surface area contributed by atoms with Crippen molar-refractivity contribution >= 4 is 0 Å². The fraction of sp³-hybridized carbons (Fsp3) is 0. The summed E-state index contributed by atoms with van der Waals surface area (Å²) in [7, 11) is 0. The molecule has 0 aliphatic heterocycles. The number of hydrogen-bond donors (Lipinski definition) is 0. The van der Waals surface area contributed by atoms with Crippen molar-refractivity contribution in [2.45, 2.75) is 0 Å². The first-order valence-corrected chi connectivity index (χ1v) is 10.8. The fourth-order valence-corrected chi connectivity index (χ4v) is 1.76. The standard InChI is InChI=1S/4C5H5N.2C4H4N2/c4*1-2-4-6-5-3-1;1-2-6-4-3-5-1;1-2-4-6-5-3-1/h4*1-5H;2*1-4H. The van der Waals surface area contributed by atoms with Gasteiger partial charge in [-0.05, 0) is 60.7 Å². The van der Waals surface area contributed by atoms with Crippen LogP contribution in [-0.4, -0.2) is 40.1 Å². The number of pyridine rings is 4. The molecule has 180 valence electrons. The van der Waals surface area contributed by atoms with Crippen LogP contribution in [0.1, 0.15) is 0 Å². The topological polar surface area (TPSA) is 103 Å². The Hall–Kier alpha value is -5.24. The van der Waals surface area contributed by atoms with Gasteiger partial charge in [0, 0.05) is 86.8 Å². The Morgan fingerprint density at radius 3 is 0.444 bits per heavy atom. The van der Waals surface area contributed by atoms with E-state index in [2.05, 4.69) is 40.1 Å². The third-order valence-electron chi connectivity index (χ3n) is 3.23. The third-order valence-corrected chi connectivity index (χ3v) is 3.23. The Kier molecular flexibility index (Phi) is 20.8. The molecule has 8 nitrogen and oxygen atoms in total. The fourth-order valence-electron chi connectivity index (χ4n) is 1.76. The van der Waals surface area contributed by atoms with Crippen LogP contribution in [-0.2, 0) is 0 Å². The first-order valence-electron chi connectivity index (χ1n) is 10.8. The van der Waals surface area contributed by atoms with Crippen molar-refractivity contribution in [2.75, 3.05) is 0 Å². The predicted molar refractivity (Wildman–Crippen MR) is 141 cm³/mol. The van der Waals surface area contributed by atoms with Crippen LogP contribution in [0.4, 0.5) is 0 Å². The number of nitrogens with zero attached hydrogens (tertiary/aromatic N) is 8. The highest BCUT2D eigenvalue weighted by Gasteiger charge is 1.61. The molecule has 0 saturated carbocycles. The molecule has 0 aliphatic rings. The quantitative estimate of drug-likeness (QED) is 0.292. The highest BCUT2D eigenvalue weighted by molar-refractivity contribution is 4.90. The van der Waals surface area contributed by atoms with Crippen molar-refractivity contribution in [1.82, 2.24) is 40.1 Å². The summed E-state index contributed by atoms with van der Waals surface area (Å²) in [4.78, 5) is 22.6. The molecule has 0 aliphatic carbocycles. The third kappa shape index (κ3) is 23.4. The number of rotatable bonds is 0. The van der Waals surface area contributed by atoms with Gasteiger partial charge in [-0.3, -0.25) is 29.9 Å². The van der Waals surface area contributed by atoms with Crippen molar-refractivity contribution in [3.63, 3.8) is 0 Å². The van der Waals surface area contributed by atoms with E-state index >= 15 is 0 Å². The molecule has 6 rings (SSSR count). The summed E-state index contributed by atoms with van der Waals surface area (Å²) in [6, 6.07) is 26.5. The van der Waals surface area contributed by atoms with E-state index < -0.39 is 0 Å². The lowest BCUT2D eigenvalue weighted by Crippen LogP contribution is -1.69. The second-order valence-corrected chi connectivity index (χ2v) is 5.91. The van der Waals surface area contributed by atoms with Gasteiger partial charge in [0.05, 0.1) is 0 Å². The van der Waals surface area contributed by atoms with Crippen LogP contribution in [0.25, 0.3) is 0 Å². The van der Waals surface area contributed by atoms with Crippen LogP contribution in [0.2, 0.25) is 0 Å². The highest BCUT2D eigenvalue weighted by Crippen LogP contribution is 1.75. The molecule has 6 aromatic rings. The van der Waals surface area contributed by atoms with E-state index in [1.165, 1.54) is 0 Å². The van der Waals surface area contributed by atoms with Crippen LogP contribution < -0.4 is 0 Å². The Balaban J connectivity index is 0.000000216. The minimum atomic E-state index is 1.64. The minimum Gasteiger partial charge on any atom is -0.265 e. The average Bonchev–Trinajstić information content (AvgIpc) is 3.04. The molecule has 0 atom stereocenters. The lowest BCUT2D eigenvalue weighted by atomic mass is 10.5. The maximum atomic E-state index is 3.78. The van der Waals surface area contributed by atoms with Gasteiger partial charge in [0.2, 0.25) is 0 Å². The second kappa shape index (κ2) is 26.0. The van der Waals surface area contributed by atoms with Crippen LogP contribution >= 0.6 is 0 Å². The molecule has 0 fully saturated rings. The normalized spacial score (nSPS) is 8.00.